The van der Waals surface area contributed by atoms with Crippen LogP contribution in [-0.2, 0) is 6.54 Å². The van der Waals surface area contributed by atoms with E-state index >= 15 is 0 Å². The maximum absolute atomic E-state index is 4.96. The number of thiazole rings is 1. The summed E-state index contributed by atoms with van der Waals surface area (Å²) >= 11 is 1.69. The van der Waals surface area contributed by atoms with Gasteiger partial charge < -0.3 is 9.88 Å². The van der Waals surface area contributed by atoms with Crippen LogP contribution in [0, 0.1) is 5.92 Å². The van der Waals surface area contributed by atoms with Gasteiger partial charge in [0.2, 0.25) is 0 Å². The van der Waals surface area contributed by atoms with Crippen molar-refractivity contribution >= 4 is 27.4 Å². The summed E-state index contributed by atoms with van der Waals surface area (Å²) in [6.45, 7) is 8.60. The molecule has 2 heterocycles. The molecule has 2 aromatic heterocycles. The van der Waals surface area contributed by atoms with Crippen molar-refractivity contribution in [2.75, 3.05) is 11.9 Å². The Kier molecular flexibility index (Phi) is 5.49. The quantitative estimate of drug-likeness (QED) is 0.372. The van der Waals surface area contributed by atoms with Crippen LogP contribution >= 0.6 is 11.3 Å². The fourth-order valence-electron chi connectivity index (χ4n) is 3.72. The normalized spacial score (nSPS) is 11.4. The molecule has 28 heavy (non-hydrogen) atoms. The number of para-hydroxylation sites is 1. The van der Waals surface area contributed by atoms with Crippen molar-refractivity contribution < 1.29 is 0 Å². The van der Waals surface area contributed by atoms with E-state index < -0.39 is 0 Å². The predicted octanol–water partition coefficient (Wildman–Crippen LogP) is 6.91. The van der Waals surface area contributed by atoms with Gasteiger partial charge in [-0.25, -0.2) is 4.98 Å². The highest BCUT2D eigenvalue weighted by Crippen LogP contribution is 2.41. The Labute approximate surface area is 171 Å². The van der Waals surface area contributed by atoms with Crippen LogP contribution in [0.2, 0.25) is 0 Å². The van der Waals surface area contributed by atoms with Crippen molar-refractivity contribution in [1.82, 2.24) is 9.55 Å². The second-order valence-corrected chi connectivity index (χ2v) is 8.36. The second kappa shape index (κ2) is 8.19. The van der Waals surface area contributed by atoms with Crippen LogP contribution in [0.25, 0.3) is 33.4 Å². The van der Waals surface area contributed by atoms with E-state index in [1.807, 2.05) is 0 Å². The molecule has 0 saturated carbocycles. The number of nitrogens with one attached hydrogen (secondary N) is 1. The highest BCUT2D eigenvalue weighted by atomic mass is 32.1. The predicted molar refractivity (Wildman–Crippen MR) is 122 cm³/mol. The summed E-state index contributed by atoms with van der Waals surface area (Å²) in [5, 5.41) is 7.95. The zero-order chi connectivity index (χ0) is 19.5. The first-order valence-electron chi connectivity index (χ1n) is 10.1. The van der Waals surface area contributed by atoms with Crippen LogP contribution in [0.4, 0.5) is 5.13 Å². The number of anilines is 1. The van der Waals surface area contributed by atoms with Crippen LogP contribution in [0.5, 0.6) is 0 Å². The first kappa shape index (κ1) is 18.8. The molecule has 0 fully saturated rings. The minimum Gasteiger partial charge on any atom is -0.361 e. The van der Waals surface area contributed by atoms with Crippen molar-refractivity contribution in [3.8, 4) is 22.5 Å². The highest BCUT2D eigenvalue weighted by molar-refractivity contribution is 7.14. The summed E-state index contributed by atoms with van der Waals surface area (Å²) in [5.41, 5.74) is 6.04. The van der Waals surface area contributed by atoms with E-state index in [1.54, 1.807) is 11.3 Å². The number of aromatic nitrogens is 2. The molecule has 0 spiro atoms. The van der Waals surface area contributed by atoms with Crippen molar-refractivity contribution in [2.24, 2.45) is 5.92 Å². The summed E-state index contributed by atoms with van der Waals surface area (Å²) in [7, 11) is 0. The zero-order valence-electron chi connectivity index (χ0n) is 16.8. The zero-order valence-corrected chi connectivity index (χ0v) is 17.6. The lowest BCUT2D eigenvalue weighted by atomic mass is 10.0. The van der Waals surface area contributed by atoms with Crippen LogP contribution in [0.1, 0.15) is 27.2 Å². The van der Waals surface area contributed by atoms with Gasteiger partial charge in [0, 0.05) is 34.9 Å². The smallest absolute Gasteiger partial charge is 0.183 e. The lowest BCUT2D eigenvalue weighted by molar-refractivity contribution is 0.607. The Morgan fingerprint density at radius 2 is 1.79 bits per heavy atom. The van der Waals surface area contributed by atoms with Crippen molar-refractivity contribution in [3.63, 3.8) is 0 Å². The van der Waals surface area contributed by atoms with Gasteiger partial charge in [-0.1, -0.05) is 62.4 Å². The van der Waals surface area contributed by atoms with Gasteiger partial charge >= 0.3 is 0 Å². The monoisotopic (exact) mass is 389 g/mol. The minimum atomic E-state index is 0.694. The third-order valence-corrected chi connectivity index (χ3v) is 5.89. The van der Waals surface area contributed by atoms with Crippen LogP contribution in [-0.4, -0.2) is 16.1 Å². The van der Waals surface area contributed by atoms with Gasteiger partial charge in [0.05, 0.1) is 11.4 Å². The molecule has 0 unspecified atom stereocenters. The lowest BCUT2D eigenvalue weighted by Gasteiger charge is -2.10. The summed E-state index contributed by atoms with van der Waals surface area (Å²) in [6, 6.07) is 19.3. The molecule has 2 aromatic carbocycles. The summed E-state index contributed by atoms with van der Waals surface area (Å²) in [5.74, 6) is 0.694. The standard InChI is InChI=1S/C24H27N3S/c1-4-27-21-13-9-8-12-19(21)22(23(27)18-10-6-5-7-11-18)20-16-28-24(26-20)25-15-14-17(2)3/h5-13,16-17H,4,14-15H2,1-3H3,(H,25,26). The average molecular weight is 390 g/mol. The van der Waals surface area contributed by atoms with Crippen molar-refractivity contribution in [1.29, 1.82) is 0 Å². The molecule has 0 atom stereocenters. The first-order valence-corrected chi connectivity index (χ1v) is 10.9. The topological polar surface area (TPSA) is 29.9 Å². The summed E-state index contributed by atoms with van der Waals surface area (Å²) < 4.78 is 2.41. The Morgan fingerprint density at radius 1 is 1.04 bits per heavy atom. The fourth-order valence-corrected chi connectivity index (χ4v) is 4.46. The minimum absolute atomic E-state index is 0.694. The number of hydrogen-bond donors (Lipinski definition) is 1. The Bertz CT molecular complexity index is 1060. The molecule has 0 amide bonds. The van der Waals surface area contributed by atoms with Crippen LogP contribution < -0.4 is 5.32 Å². The number of benzene rings is 2. The Morgan fingerprint density at radius 3 is 2.54 bits per heavy atom. The molecule has 3 nitrogen and oxygen atoms in total. The van der Waals surface area contributed by atoms with E-state index in [4.69, 9.17) is 4.98 Å². The van der Waals surface area contributed by atoms with E-state index in [0.717, 1.165) is 30.3 Å². The SMILES string of the molecule is CCn1c(-c2ccccc2)c(-c2csc(NCCC(C)C)n2)c2ccccc21. The molecule has 0 aliphatic heterocycles. The molecule has 0 bridgehead atoms. The lowest BCUT2D eigenvalue weighted by Crippen LogP contribution is -2.04. The van der Waals surface area contributed by atoms with E-state index in [0.29, 0.717) is 5.92 Å². The summed E-state index contributed by atoms with van der Waals surface area (Å²) in [4.78, 5) is 4.96. The number of aryl methyl sites for hydroxylation is 1. The van der Waals surface area contributed by atoms with Gasteiger partial charge in [-0.2, -0.15) is 0 Å². The molecule has 4 heteroatoms. The molecule has 144 valence electrons. The van der Waals surface area contributed by atoms with Crippen LogP contribution in [0.3, 0.4) is 0 Å². The molecule has 4 rings (SSSR count). The molecule has 0 saturated heterocycles. The van der Waals surface area contributed by atoms with Gasteiger partial charge in [-0.15, -0.1) is 11.3 Å². The van der Waals surface area contributed by atoms with Gasteiger partial charge in [0.15, 0.2) is 5.13 Å². The van der Waals surface area contributed by atoms with Crippen molar-refractivity contribution in [3.05, 3.63) is 60.0 Å². The van der Waals surface area contributed by atoms with Gasteiger partial charge in [-0.05, 0) is 30.9 Å². The molecule has 0 aliphatic rings. The molecule has 0 radical (unpaired) electrons. The second-order valence-electron chi connectivity index (χ2n) is 7.50. The maximum Gasteiger partial charge on any atom is 0.183 e. The Balaban J connectivity index is 1.84. The number of hydrogen-bond acceptors (Lipinski definition) is 3. The van der Waals surface area contributed by atoms with Gasteiger partial charge in [-0.3, -0.25) is 0 Å². The largest absolute Gasteiger partial charge is 0.361 e. The highest BCUT2D eigenvalue weighted by Gasteiger charge is 2.20. The van der Waals surface area contributed by atoms with E-state index in [9.17, 15) is 0 Å². The van der Waals surface area contributed by atoms with Gasteiger partial charge in [0.25, 0.3) is 0 Å². The molecule has 4 aromatic rings. The third-order valence-electron chi connectivity index (χ3n) is 5.09. The fraction of sp³-hybridized carbons (Fsp3) is 0.292. The van der Waals surface area contributed by atoms with E-state index in [1.165, 1.54) is 27.7 Å². The number of nitrogens with zero attached hydrogens (tertiary/aromatic N) is 2. The van der Waals surface area contributed by atoms with Crippen molar-refractivity contribution in [2.45, 2.75) is 33.7 Å². The third kappa shape index (κ3) is 3.57. The maximum atomic E-state index is 4.96. The number of rotatable bonds is 7. The van der Waals surface area contributed by atoms with E-state index in [2.05, 4.69) is 90.6 Å². The van der Waals surface area contributed by atoms with Gasteiger partial charge in [0.1, 0.15) is 0 Å². The first-order chi connectivity index (χ1) is 13.7. The molecule has 0 aliphatic carbocycles. The van der Waals surface area contributed by atoms with Crippen LogP contribution in [0.15, 0.2) is 60.0 Å². The Hall–Kier alpha value is -2.59. The molecular formula is C24H27N3S. The molecule has 1 N–H and O–H groups in total. The average Bonchev–Trinajstić information content (AvgIpc) is 3.30. The van der Waals surface area contributed by atoms with E-state index in [-0.39, 0.29) is 0 Å². The molecular weight excluding hydrogens is 362 g/mol. The summed E-state index contributed by atoms with van der Waals surface area (Å²) in [6.07, 6.45) is 1.15. The number of fused-ring (bicyclic) bond motifs is 1.